The predicted molar refractivity (Wildman–Crippen MR) is 134 cm³/mol. The molecule has 3 rings (SSSR count). The molecule has 1 fully saturated rings. The fraction of sp³-hybridized carbons (Fsp3) is 0.407. The minimum absolute atomic E-state index is 0.157. The topological polar surface area (TPSA) is 88.1 Å². The van der Waals surface area contributed by atoms with Gasteiger partial charge in [-0.25, -0.2) is 4.79 Å². The highest BCUT2D eigenvalue weighted by Gasteiger charge is 2.25. The van der Waals surface area contributed by atoms with Gasteiger partial charge in [-0.05, 0) is 51.3 Å². The van der Waals surface area contributed by atoms with Crippen LogP contribution in [-0.2, 0) is 20.7 Å². The Morgan fingerprint density at radius 3 is 2.50 bits per heavy atom. The van der Waals surface area contributed by atoms with E-state index in [2.05, 4.69) is 16.8 Å². The number of benzene rings is 2. The molecule has 7 heteroatoms. The van der Waals surface area contributed by atoms with E-state index in [1.165, 1.54) is 6.92 Å². The molecular formula is C27H34N2O5. The van der Waals surface area contributed by atoms with E-state index in [1.54, 1.807) is 12.1 Å². The Bertz CT molecular complexity index is 1010. The minimum Gasteiger partial charge on any atom is -0.479 e. The number of nitrogens with zero attached hydrogens (tertiary/aromatic N) is 1. The molecule has 7 nitrogen and oxygen atoms in total. The summed E-state index contributed by atoms with van der Waals surface area (Å²) in [6.45, 7) is 11.6. The van der Waals surface area contributed by atoms with Gasteiger partial charge in [-0.1, -0.05) is 42.0 Å². The Kier molecular flexibility index (Phi) is 8.71. The fourth-order valence-corrected chi connectivity index (χ4v) is 3.98. The van der Waals surface area contributed by atoms with Crippen molar-refractivity contribution >= 4 is 23.3 Å². The molecule has 1 saturated heterocycles. The first-order chi connectivity index (χ1) is 16.2. The molecule has 0 saturated carbocycles. The third-order valence-corrected chi connectivity index (χ3v) is 5.77. The van der Waals surface area contributed by atoms with Crippen molar-refractivity contribution in [2.24, 2.45) is 0 Å². The molecule has 182 valence electrons. The Morgan fingerprint density at radius 1 is 1.21 bits per heavy atom. The molecule has 0 aromatic heterocycles. The minimum atomic E-state index is -1.06. The zero-order chi connectivity index (χ0) is 24.7. The first-order valence-corrected chi connectivity index (χ1v) is 11.6. The number of aryl methyl sites for hydroxylation is 1. The summed E-state index contributed by atoms with van der Waals surface area (Å²) in [7, 11) is 0. The number of rotatable bonds is 10. The summed E-state index contributed by atoms with van der Waals surface area (Å²) < 4.78 is 11.1. The predicted octanol–water partition coefficient (Wildman–Crippen LogP) is 4.59. The summed E-state index contributed by atoms with van der Waals surface area (Å²) in [4.78, 5) is 26.5. The van der Waals surface area contributed by atoms with Crippen LogP contribution < -0.4 is 15.0 Å². The van der Waals surface area contributed by atoms with Crippen LogP contribution in [0.4, 0.5) is 11.4 Å². The van der Waals surface area contributed by atoms with Crippen molar-refractivity contribution in [3.8, 4) is 5.75 Å². The maximum atomic E-state index is 13.0. The molecule has 0 bridgehead atoms. The van der Waals surface area contributed by atoms with Gasteiger partial charge in [0, 0.05) is 31.9 Å². The fourth-order valence-electron chi connectivity index (χ4n) is 3.98. The monoisotopic (exact) mass is 466 g/mol. The molecular weight excluding hydrogens is 432 g/mol. The Hall–Kier alpha value is -3.32. The first kappa shape index (κ1) is 25.3. The number of carbonyl (C=O) groups is 2. The molecule has 1 aliphatic heterocycles. The molecule has 2 aromatic rings. The van der Waals surface area contributed by atoms with Crippen molar-refractivity contribution in [3.05, 3.63) is 65.7 Å². The van der Waals surface area contributed by atoms with Gasteiger partial charge in [0.05, 0.1) is 17.8 Å². The van der Waals surface area contributed by atoms with Crippen LogP contribution in [0.1, 0.15) is 37.8 Å². The van der Waals surface area contributed by atoms with Gasteiger partial charge in [0.25, 0.3) is 0 Å². The van der Waals surface area contributed by atoms with Gasteiger partial charge in [-0.3, -0.25) is 4.79 Å². The number of amides is 1. The van der Waals surface area contributed by atoms with Crippen molar-refractivity contribution < 1.29 is 24.2 Å². The summed E-state index contributed by atoms with van der Waals surface area (Å²) in [5.74, 6) is -0.831. The highest BCUT2D eigenvalue weighted by molar-refractivity contribution is 5.96. The number of carboxylic acid groups (broad SMARTS) is 1. The summed E-state index contributed by atoms with van der Waals surface area (Å²) >= 11 is 0. The zero-order valence-corrected chi connectivity index (χ0v) is 20.2. The van der Waals surface area contributed by atoms with Gasteiger partial charge in [-0.2, -0.15) is 0 Å². The average molecular weight is 467 g/mol. The van der Waals surface area contributed by atoms with E-state index in [4.69, 9.17) is 9.47 Å². The molecule has 34 heavy (non-hydrogen) atoms. The summed E-state index contributed by atoms with van der Waals surface area (Å²) in [5.41, 5.74) is 4.49. The number of nitrogens with one attached hydrogen (secondary N) is 1. The molecule has 0 spiro atoms. The van der Waals surface area contributed by atoms with Gasteiger partial charge in [0.1, 0.15) is 5.75 Å². The molecule has 1 atom stereocenters. The van der Waals surface area contributed by atoms with E-state index in [0.717, 1.165) is 35.2 Å². The standard InChI is InChI=1S/C27H34N2O5/c1-18(2)17-29(22-11-13-33-14-12-22)25-10-9-23(34-20(4)27(31)32)16-24(25)28-26(30)15-21-7-5-19(3)6-8-21/h5-10,16,20,22H,1,11-15,17H2,2-4H3,(H,28,30)(H,31,32). The van der Waals surface area contributed by atoms with Gasteiger partial charge in [0.15, 0.2) is 6.10 Å². The number of hydrogen-bond acceptors (Lipinski definition) is 5. The van der Waals surface area contributed by atoms with Crippen molar-refractivity contribution in [2.75, 3.05) is 30.0 Å². The van der Waals surface area contributed by atoms with Crippen LogP contribution in [0.15, 0.2) is 54.6 Å². The van der Waals surface area contributed by atoms with E-state index < -0.39 is 12.1 Å². The largest absolute Gasteiger partial charge is 0.479 e. The molecule has 1 heterocycles. The van der Waals surface area contributed by atoms with E-state index >= 15 is 0 Å². The summed E-state index contributed by atoms with van der Waals surface area (Å²) in [6, 6.07) is 13.4. The highest BCUT2D eigenvalue weighted by atomic mass is 16.5. The quantitative estimate of drug-likeness (QED) is 0.498. The molecule has 2 N–H and O–H groups in total. The zero-order valence-electron chi connectivity index (χ0n) is 20.2. The van der Waals surface area contributed by atoms with Crippen LogP contribution in [-0.4, -0.2) is 48.9 Å². The number of aliphatic carboxylic acids is 1. The van der Waals surface area contributed by atoms with Gasteiger partial charge in [-0.15, -0.1) is 0 Å². The number of anilines is 2. The lowest BCUT2D eigenvalue weighted by Gasteiger charge is -2.37. The summed E-state index contributed by atoms with van der Waals surface area (Å²) in [6.07, 6.45) is 0.967. The van der Waals surface area contributed by atoms with Gasteiger partial charge >= 0.3 is 5.97 Å². The molecule has 0 radical (unpaired) electrons. The maximum Gasteiger partial charge on any atom is 0.344 e. The lowest BCUT2D eigenvalue weighted by Crippen LogP contribution is -2.41. The van der Waals surface area contributed by atoms with Crippen LogP contribution in [0.25, 0.3) is 0 Å². The second-order valence-corrected chi connectivity index (χ2v) is 8.92. The number of hydrogen-bond donors (Lipinski definition) is 2. The number of ether oxygens (including phenoxy) is 2. The second kappa shape index (κ2) is 11.7. The summed E-state index contributed by atoms with van der Waals surface area (Å²) in [5, 5.41) is 12.3. The normalized spacial score (nSPS) is 14.8. The van der Waals surface area contributed by atoms with Gasteiger partial charge in [0.2, 0.25) is 5.91 Å². The lowest BCUT2D eigenvalue weighted by molar-refractivity contribution is -0.144. The Balaban J connectivity index is 1.92. The van der Waals surface area contributed by atoms with Crippen molar-refractivity contribution in [3.63, 3.8) is 0 Å². The SMILES string of the molecule is C=C(C)CN(c1ccc(OC(C)C(=O)O)cc1NC(=O)Cc1ccc(C)cc1)C1CCOCC1. The van der Waals surface area contributed by atoms with E-state index in [0.29, 0.717) is 31.2 Å². The van der Waals surface area contributed by atoms with Crippen molar-refractivity contribution in [2.45, 2.75) is 52.2 Å². The lowest BCUT2D eigenvalue weighted by atomic mass is 10.0. The molecule has 1 unspecified atom stereocenters. The Morgan fingerprint density at radius 2 is 1.88 bits per heavy atom. The van der Waals surface area contributed by atoms with E-state index in [-0.39, 0.29) is 18.4 Å². The van der Waals surface area contributed by atoms with E-state index in [9.17, 15) is 14.7 Å². The van der Waals surface area contributed by atoms with E-state index in [1.807, 2.05) is 44.2 Å². The van der Waals surface area contributed by atoms with Crippen LogP contribution in [0.3, 0.4) is 0 Å². The molecule has 0 aliphatic carbocycles. The Labute approximate surface area is 201 Å². The van der Waals surface area contributed by atoms with Crippen LogP contribution in [0.2, 0.25) is 0 Å². The maximum absolute atomic E-state index is 13.0. The highest BCUT2D eigenvalue weighted by Crippen LogP contribution is 2.34. The average Bonchev–Trinajstić information content (AvgIpc) is 2.80. The van der Waals surface area contributed by atoms with Crippen molar-refractivity contribution in [1.29, 1.82) is 0 Å². The molecule has 2 aromatic carbocycles. The number of carboxylic acids is 1. The third-order valence-electron chi connectivity index (χ3n) is 5.77. The first-order valence-electron chi connectivity index (χ1n) is 11.6. The van der Waals surface area contributed by atoms with Crippen LogP contribution >= 0.6 is 0 Å². The van der Waals surface area contributed by atoms with Gasteiger partial charge < -0.3 is 24.8 Å². The van der Waals surface area contributed by atoms with Crippen LogP contribution in [0, 0.1) is 6.92 Å². The van der Waals surface area contributed by atoms with Crippen molar-refractivity contribution in [1.82, 2.24) is 0 Å². The molecule has 1 aliphatic rings. The second-order valence-electron chi connectivity index (χ2n) is 8.92. The third kappa shape index (κ3) is 7.09. The smallest absolute Gasteiger partial charge is 0.344 e. The number of carbonyl (C=O) groups excluding carboxylic acids is 1. The van der Waals surface area contributed by atoms with Crippen LogP contribution in [0.5, 0.6) is 5.75 Å². The molecule has 1 amide bonds.